The number of rotatable bonds is 9. The molecule has 1 aliphatic rings. The number of hydrogen-bond donors (Lipinski definition) is 1. The zero-order valence-corrected chi connectivity index (χ0v) is 17.3. The van der Waals surface area contributed by atoms with Gasteiger partial charge in [-0.3, -0.25) is 0 Å². The van der Waals surface area contributed by atoms with Crippen molar-refractivity contribution >= 4 is 10.8 Å². The third kappa shape index (κ3) is 4.67. The maximum Gasteiger partial charge on any atom is 0.203 e. The van der Waals surface area contributed by atoms with Crippen molar-refractivity contribution in [3.05, 3.63) is 66.2 Å². The molecule has 0 aromatic heterocycles. The highest BCUT2D eigenvalue weighted by atomic mass is 16.7. The molecule has 1 fully saturated rings. The molecule has 3 aromatic carbocycles. The molecule has 158 valence electrons. The number of benzene rings is 3. The van der Waals surface area contributed by atoms with Gasteiger partial charge in [-0.1, -0.05) is 42.5 Å². The Kier molecular flexibility index (Phi) is 6.69. The van der Waals surface area contributed by atoms with Crippen molar-refractivity contribution in [3.63, 3.8) is 0 Å². The summed E-state index contributed by atoms with van der Waals surface area (Å²) >= 11 is 0. The van der Waals surface area contributed by atoms with E-state index in [9.17, 15) is 0 Å². The molecule has 0 aliphatic carbocycles. The molecule has 0 bridgehead atoms. The van der Waals surface area contributed by atoms with E-state index in [-0.39, 0.29) is 12.4 Å². The highest BCUT2D eigenvalue weighted by molar-refractivity contribution is 5.83. The third-order valence-electron chi connectivity index (χ3n) is 5.08. The lowest BCUT2D eigenvalue weighted by Gasteiger charge is -2.15. The van der Waals surface area contributed by atoms with Gasteiger partial charge in [-0.05, 0) is 29.0 Å². The Morgan fingerprint density at radius 1 is 0.933 bits per heavy atom. The first-order valence-electron chi connectivity index (χ1n) is 10.1. The minimum Gasteiger partial charge on any atom is -0.493 e. The first-order chi connectivity index (χ1) is 14.8. The molecule has 1 aliphatic heterocycles. The van der Waals surface area contributed by atoms with E-state index in [1.54, 1.807) is 14.2 Å². The highest BCUT2D eigenvalue weighted by Gasteiger charge is 2.27. The zero-order chi connectivity index (χ0) is 20.8. The minimum absolute atomic E-state index is 0.00210. The molecule has 4 rings (SSSR count). The molecule has 30 heavy (non-hydrogen) atoms. The van der Waals surface area contributed by atoms with E-state index >= 15 is 0 Å². The van der Waals surface area contributed by atoms with Gasteiger partial charge in [0.05, 0.1) is 26.9 Å². The Morgan fingerprint density at radius 2 is 1.70 bits per heavy atom. The first kappa shape index (κ1) is 20.5. The van der Waals surface area contributed by atoms with Crippen LogP contribution < -0.4 is 19.5 Å². The number of fused-ring (bicyclic) bond motifs is 1. The lowest BCUT2D eigenvalue weighted by atomic mass is 10.1. The Hall–Kier alpha value is -2.80. The number of hydrogen-bond acceptors (Lipinski definition) is 6. The van der Waals surface area contributed by atoms with E-state index in [1.807, 2.05) is 30.3 Å². The lowest BCUT2D eigenvalue weighted by molar-refractivity contribution is -0.0595. The zero-order valence-electron chi connectivity index (χ0n) is 17.3. The molecule has 0 unspecified atom stereocenters. The number of para-hydroxylation sites is 1. The molecule has 1 heterocycles. The third-order valence-corrected chi connectivity index (χ3v) is 5.08. The Balaban J connectivity index is 1.23. The van der Waals surface area contributed by atoms with Crippen LogP contribution in [0.4, 0.5) is 0 Å². The number of ether oxygens (including phenoxy) is 5. The normalized spacial score (nSPS) is 18.5. The molecule has 6 heteroatoms. The van der Waals surface area contributed by atoms with Gasteiger partial charge < -0.3 is 29.0 Å². The largest absolute Gasteiger partial charge is 0.493 e. The van der Waals surface area contributed by atoms with Crippen LogP contribution in [0.2, 0.25) is 0 Å². The summed E-state index contributed by atoms with van der Waals surface area (Å²) in [6.07, 6.45) is -0.322. The molecular weight excluding hydrogens is 382 g/mol. The standard InChI is InChI=1S/C24H27NO5/c1-26-21-8-5-9-22(27-2)23(21)28-13-12-25-15-20-16-29-24(30-20)19-11-10-17-6-3-4-7-18(17)14-19/h3-11,14,20,24-25H,12-13,15-16H2,1-2H3/t20-,24-/m0/s1. The topological polar surface area (TPSA) is 58.2 Å². The van der Waals surface area contributed by atoms with Crippen LogP contribution in [0.3, 0.4) is 0 Å². The summed E-state index contributed by atoms with van der Waals surface area (Å²) in [5, 5.41) is 5.76. The van der Waals surface area contributed by atoms with Crippen molar-refractivity contribution in [2.75, 3.05) is 40.5 Å². The summed E-state index contributed by atoms with van der Waals surface area (Å²) in [6.45, 7) is 2.41. The van der Waals surface area contributed by atoms with Crippen LogP contribution in [0.1, 0.15) is 11.9 Å². The fourth-order valence-corrected chi connectivity index (χ4v) is 3.53. The predicted octanol–water partition coefficient (Wildman–Crippen LogP) is 3.94. The van der Waals surface area contributed by atoms with E-state index in [0.29, 0.717) is 43.6 Å². The van der Waals surface area contributed by atoms with Crippen molar-refractivity contribution in [3.8, 4) is 17.2 Å². The molecule has 0 saturated carbocycles. The lowest BCUT2D eigenvalue weighted by Crippen LogP contribution is -2.31. The van der Waals surface area contributed by atoms with E-state index in [1.165, 1.54) is 10.8 Å². The predicted molar refractivity (Wildman–Crippen MR) is 115 cm³/mol. The van der Waals surface area contributed by atoms with E-state index in [0.717, 1.165) is 5.56 Å². The molecule has 1 N–H and O–H groups in total. The van der Waals surface area contributed by atoms with Crippen LogP contribution >= 0.6 is 0 Å². The fourth-order valence-electron chi connectivity index (χ4n) is 3.53. The summed E-state index contributed by atoms with van der Waals surface area (Å²) in [7, 11) is 3.23. The van der Waals surface area contributed by atoms with Gasteiger partial charge in [0.25, 0.3) is 0 Å². The van der Waals surface area contributed by atoms with Crippen LogP contribution in [0.5, 0.6) is 17.2 Å². The Labute approximate surface area is 176 Å². The van der Waals surface area contributed by atoms with E-state index in [4.69, 9.17) is 23.7 Å². The second-order valence-corrected chi connectivity index (χ2v) is 7.07. The van der Waals surface area contributed by atoms with Crippen LogP contribution in [0.15, 0.2) is 60.7 Å². The second-order valence-electron chi connectivity index (χ2n) is 7.07. The molecule has 0 radical (unpaired) electrons. The van der Waals surface area contributed by atoms with Crippen LogP contribution in [-0.4, -0.2) is 46.6 Å². The average Bonchev–Trinajstić information content (AvgIpc) is 3.27. The van der Waals surface area contributed by atoms with Crippen molar-refractivity contribution in [1.82, 2.24) is 5.32 Å². The molecular formula is C24H27NO5. The van der Waals surface area contributed by atoms with E-state index in [2.05, 4.69) is 35.6 Å². The van der Waals surface area contributed by atoms with Gasteiger partial charge in [-0.25, -0.2) is 0 Å². The smallest absolute Gasteiger partial charge is 0.203 e. The maximum atomic E-state index is 6.07. The highest BCUT2D eigenvalue weighted by Crippen LogP contribution is 2.36. The average molecular weight is 409 g/mol. The summed E-state index contributed by atoms with van der Waals surface area (Å²) in [5.74, 6) is 1.92. The van der Waals surface area contributed by atoms with Crippen molar-refractivity contribution < 1.29 is 23.7 Å². The molecule has 0 amide bonds. The van der Waals surface area contributed by atoms with Crippen molar-refractivity contribution in [2.24, 2.45) is 0 Å². The van der Waals surface area contributed by atoms with Gasteiger partial charge >= 0.3 is 0 Å². The Morgan fingerprint density at radius 3 is 2.47 bits per heavy atom. The monoisotopic (exact) mass is 409 g/mol. The SMILES string of the molecule is COc1cccc(OC)c1OCCNC[C@H]1CO[C@H](c2ccc3ccccc3c2)O1. The summed E-state index contributed by atoms with van der Waals surface area (Å²) < 4.78 is 28.5. The number of nitrogens with one attached hydrogen (secondary N) is 1. The van der Waals surface area contributed by atoms with Crippen molar-refractivity contribution in [2.45, 2.75) is 12.4 Å². The van der Waals surface area contributed by atoms with Crippen LogP contribution in [-0.2, 0) is 9.47 Å². The molecule has 6 nitrogen and oxygen atoms in total. The van der Waals surface area contributed by atoms with Gasteiger partial charge in [0.2, 0.25) is 5.75 Å². The molecule has 2 atom stereocenters. The molecule has 0 spiro atoms. The minimum atomic E-state index is -0.324. The van der Waals surface area contributed by atoms with Gasteiger partial charge in [0, 0.05) is 18.7 Å². The Bertz CT molecular complexity index is 954. The van der Waals surface area contributed by atoms with Crippen LogP contribution in [0, 0.1) is 0 Å². The first-order valence-corrected chi connectivity index (χ1v) is 10.1. The fraction of sp³-hybridized carbons (Fsp3) is 0.333. The molecule has 1 saturated heterocycles. The number of methoxy groups -OCH3 is 2. The summed E-state index contributed by atoms with van der Waals surface area (Å²) in [6, 6.07) is 20.1. The van der Waals surface area contributed by atoms with Gasteiger partial charge in [-0.15, -0.1) is 0 Å². The van der Waals surface area contributed by atoms with Crippen molar-refractivity contribution in [1.29, 1.82) is 0 Å². The molecule has 3 aromatic rings. The van der Waals surface area contributed by atoms with E-state index < -0.39 is 0 Å². The second kappa shape index (κ2) is 9.80. The maximum absolute atomic E-state index is 6.07. The quantitative estimate of drug-likeness (QED) is 0.540. The van der Waals surface area contributed by atoms with Crippen LogP contribution in [0.25, 0.3) is 10.8 Å². The van der Waals surface area contributed by atoms with Gasteiger partial charge in [-0.2, -0.15) is 0 Å². The van der Waals surface area contributed by atoms with Gasteiger partial charge in [0.1, 0.15) is 6.61 Å². The van der Waals surface area contributed by atoms with Gasteiger partial charge in [0.15, 0.2) is 17.8 Å². The summed E-state index contributed by atoms with van der Waals surface area (Å²) in [5.41, 5.74) is 1.04. The summed E-state index contributed by atoms with van der Waals surface area (Å²) in [4.78, 5) is 0.